The molecule has 5 nitrogen and oxygen atoms in total. The number of imidazole rings is 1. The zero-order valence-electron chi connectivity index (χ0n) is 16.0. The summed E-state index contributed by atoms with van der Waals surface area (Å²) in [7, 11) is 0. The lowest BCUT2D eigenvalue weighted by atomic mass is 10.2. The van der Waals surface area contributed by atoms with Gasteiger partial charge in [0, 0.05) is 28.7 Å². The number of hydrogen-bond donors (Lipinski definition) is 1. The maximum atomic E-state index is 6.26. The van der Waals surface area contributed by atoms with Gasteiger partial charge in [0.2, 0.25) is 5.89 Å². The second-order valence-corrected chi connectivity index (χ2v) is 7.83. The molecule has 0 saturated heterocycles. The summed E-state index contributed by atoms with van der Waals surface area (Å²) < 4.78 is 8.07. The van der Waals surface area contributed by atoms with E-state index in [1.54, 1.807) is 6.26 Å². The Morgan fingerprint density at radius 1 is 1.14 bits per heavy atom. The zero-order chi connectivity index (χ0) is 19.3. The van der Waals surface area contributed by atoms with Gasteiger partial charge >= 0.3 is 0 Å². The van der Waals surface area contributed by atoms with Crippen molar-refractivity contribution in [2.24, 2.45) is 5.92 Å². The molecule has 0 aliphatic carbocycles. The Labute approximate surface area is 179 Å². The average molecular weight is 427 g/mol. The highest BCUT2D eigenvalue weighted by molar-refractivity contribution is 6.31. The van der Waals surface area contributed by atoms with Crippen LogP contribution in [0, 0.1) is 5.92 Å². The quantitative estimate of drug-likeness (QED) is 0.353. The van der Waals surface area contributed by atoms with Crippen LogP contribution in [0.1, 0.15) is 13.8 Å². The molecule has 0 aliphatic heterocycles. The first-order valence-corrected chi connectivity index (χ1v) is 9.65. The van der Waals surface area contributed by atoms with Gasteiger partial charge in [-0.15, -0.1) is 12.4 Å². The van der Waals surface area contributed by atoms with E-state index in [4.69, 9.17) is 21.0 Å². The standard InChI is InChI=1S/C22H19ClN4O.ClH/c1-13(2)10-27-11-16(15-9-14(23)7-8-20(15)27)22-26-19(12-28-22)21-24-17-5-3-4-6-18(17)25-21;/h3-9,11-13H,10H2,1-2H3,(H,24,25);1H. The summed E-state index contributed by atoms with van der Waals surface area (Å²) in [5.74, 6) is 1.78. The highest BCUT2D eigenvalue weighted by atomic mass is 35.5. The number of hydrogen-bond acceptors (Lipinski definition) is 3. The highest BCUT2D eigenvalue weighted by Crippen LogP contribution is 2.34. The Hall–Kier alpha value is -2.76. The molecule has 5 aromatic rings. The number of H-pyrrole nitrogens is 1. The lowest BCUT2D eigenvalue weighted by Crippen LogP contribution is -2.02. The Morgan fingerprint density at radius 3 is 2.76 bits per heavy atom. The molecule has 7 heteroatoms. The maximum Gasteiger partial charge on any atom is 0.228 e. The molecule has 0 radical (unpaired) electrons. The van der Waals surface area contributed by atoms with E-state index >= 15 is 0 Å². The zero-order valence-corrected chi connectivity index (χ0v) is 17.6. The molecule has 0 spiro atoms. The summed E-state index contributed by atoms with van der Waals surface area (Å²) in [4.78, 5) is 12.6. The molecule has 2 aromatic carbocycles. The molecule has 1 N–H and O–H groups in total. The molecule has 29 heavy (non-hydrogen) atoms. The molecule has 3 aromatic heterocycles. The number of benzene rings is 2. The summed E-state index contributed by atoms with van der Waals surface area (Å²) in [6, 6.07) is 13.8. The lowest BCUT2D eigenvalue weighted by Gasteiger charge is -2.07. The summed E-state index contributed by atoms with van der Waals surface area (Å²) >= 11 is 6.26. The number of oxazole rings is 1. The third kappa shape index (κ3) is 3.52. The molecule has 0 fully saturated rings. The van der Waals surface area contributed by atoms with Gasteiger partial charge in [-0.05, 0) is 36.2 Å². The number of nitrogens with one attached hydrogen (secondary N) is 1. The third-order valence-corrected chi connectivity index (χ3v) is 5.01. The molecule has 0 amide bonds. The van der Waals surface area contributed by atoms with Crippen molar-refractivity contribution >= 4 is 45.9 Å². The van der Waals surface area contributed by atoms with E-state index in [1.807, 2.05) is 42.5 Å². The van der Waals surface area contributed by atoms with Crippen molar-refractivity contribution in [1.29, 1.82) is 0 Å². The largest absolute Gasteiger partial charge is 0.444 e. The molecule has 0 unspecified atom stereocenters. The first-order valence-electron chi connectivity index (χ1n) is 9.28. The molecule has 0 aliphatic rings. The van der Waals surface area contributed by atoms with Crippen LogP contribution in [-0.4, -0.2) is 19.5 Å². The number of aromatic amines is 1. The molecular weight excluding hydrogens is 407 g/mol. The molecular formula is C22H20Cl2N4O. The van der Waals surface area contributed by atoms with E-state index in [1.165, 1.54) is 0 Å². The van der Waals surface area contributed by atoms with Crippen LogP contribution in [0.25, 0.3) is 44.9 Å². The maximum absolute atomic E-state index is 6.26. The fourth-order valence-corrected chi connectivity index (χ4v) is 3.74. The summed E-state index contributed by atoms with van der Waals surface area (Å²) in [5.41, 5.74) is 4.61. The van der Waals surface area contributed by atoms with Crippen molar-refractivity contribution in [3.63, 3.8) is 0 Å². The van der Waals surface area contributed by atoms with Gasteiger partial charge in [-0.1, -0.05) is 37.6 Å². The van der Waals surface area contributed by atoms with E-state index in [0.717, 1.165) is 34.0 Å². The number of fused-ring (bicyclic) bond motifs is 2. The van der Waals surface area contributed by atoms with Gasteiger partial charge in [0.25, 0.3) is 0 Å². The van der Waals surface area contributed by atoms with Crippen molar-refractivity contribution in [3.05, 3.63) is 59.9 Å². The number of halogens is 2. The van der Waals surface area contributed by atoms with E-state index in [0.29, 0.717) is 28.3 Å². The second kappa shape index (κ2) is 7.58. The third-order valence-electron chi connectivity index (χ3n) is 4.77. The molecule has 148 valence electrons. The minimum Gasteiger partial charge on any atom is -0.444 e. The monoisotopic (exact) mass is 426 g/mol. The SMILES string of the molecule is CC(C)Cn1cc(-c2nc(-c3nc4ccccc4[nH]3)co2)c2cc(Cl)ccc21.Cl. The van der Waals surface area contributed by atoms with Crippen molar-refractivity contribution in [2.75, 3.05) is 0 Å². The van der Waals surface area contributed by atoms with Crippen molar-refractivity contribution < 1.29 is 4.42 Å². The Kier molecular flexibility index (Phi) is 5.11. The van der Waals surface area contributed by atoms with Gasteiger partial charge in [0.15, 0.2) is 5.82 Å². The molecule has 0 saturated carbocycles. The predicted octanol–water partition coefficient (Wildman–Crippen LogP) is 6.57. The minimum absolute atomic E-state index is 0. The van der Waals surface area contributed by atoms with Gasteiger partial charge < -0.3 is 14.0 Å². The van der Waals surface area contributed by atoms with Gasteiger partial charge in [-0.3, -0.25) is 0 Å². The van der Waals surface area contributed by atoms with Gasteiger partial charge in [0.1, 0.15) is 12.0 Å². The predicted molar refractivity (Wildman–Crippen MR) is 120 cm³/mol. The van der Waals surface area contributed by atoms with E-state index in [2.05, 4.69) is 34.6 Å². The molecule has 5 rings (SSSR count). The fourth-order valence-electron chi connectivity index (χ4n) is 3.56. The van der Waals surface area contributed by atoms with Gasteiger partial charge in [-0.25, -0.2) is 9.97 Å². The smallest absolute Gasteiger partial charge is 0.228 e. The Bertz CT molecular complexity index is 1270. The topological polar surface area (TPSA) is 59.6 Å². The van der Waals surface area contributed by atoms with E-state index in [9.17, 15) is 0 Å². The number of rotatable bonds is 4. The first-order chi connectivity index (χ1) is 13.6. The van der Waals surface area contributed by atoms with Crippen molar-refractivity contribution in [3.8, 4) is 23.0 Å². The highest BCUT2D eigenvalue weighted by Gasteiger charge is 2.17. The normalized spacial score (nSPS) is 11.4. The second-order valence-electron chi connectivity index (χ2n) is 7.39. The fraction of sp³-hybridized carbons (Fsp3) is 0.182. The van der Waals surface area contributed by atoms with Crippen LogP contribution < -0.4 is 0 Å². The van der Waals surface area contributed by atoms with Crippen LogP contribution in [0.4, 0.5) is 0 Å². The number of nitrogens with zero attached hydrogens (tertiary/aromatic N) is 3. The summed E-state index contributed by atoms with van der Waals surface area (Å²) in [6.45, 7) is 5.31. The van der Waals surface area contributed by atoms with Crippen LogP contribution in [0.15, 0.2) is 59.3 Å². The van der Waals surface area contributed by atoms with Crippen LogP contribution >= 0.6 is 24.0 Å². The summed E-state index contributed by atoms with van der Waals surface area (Å²) in [6.07, 6.45) is 3.73. The minimum atomic E-state index is 0. The van der Waals surface area contributed by atoms with Gasteiger partial charge in [0.05, 0.1) is 16.6 Å². The Morgan fingerprint density at radius 2 is 1.97 bits per heavy atom. The van der Waals surface area contributed by atoms with Crippen LogP contribution in [-0.2, 0) is 6.54 Å². The Balaban J connectivity index is 0.00000205. The van der Waals surface area contributed by atoms with Crippen LogP contribution in [0.2, 0.25) is 5.02 Å². The van der Waals surface area contributed by atoms with E-state index < -0.39 is 0 Å². The summed E-state index contributed by atoms with van der Waals surface area (Å²) in [5, 5.41) is 1.73. The number of aromatic nitrogens is 4. The van der Waals surface area contributed by atoms with Crippen LogP contribution in [0.3, 0.4) is 0 Å². The van der Waals surface area contributed by atoms with Crippen molar-refractivity contribution in [1.82, 2.24) is 19.5 Å². The van der Waals surface area contributed by atoms with Crippen molar-refractivity contribution in [2.45, 2.75) is 20.4 Å². The molecule has 0 bridgehead atoms. The number of para-hydroxylation sites is 2. The molecule has 0 atom stereocenters. The van der Waals surface area contributed by atoms with E-state index in [-0.39, 0.29) is 12.4 Å². The lowest BCUT2D eigenvalue weighted by molar-refractivity contribution is 0.534. The first kappa shape index (κ1) is 19.6. The molecule has 3 heterocycles. The van der Waals surface area contributed by atoms with Gasteiger partial charge in [-0.2, -0.15) is 0 Å². The van der Waals surface area contributed by atoms with Crippen LogP contribution in [0.5, 0.6) is 0 Å². The average Bonchev–Trinajstić information content (AvgIpc) is 3.37.